The van der Waals surface area contributed by atoms with Crippen LogP contribution < -0.4 is 0 Å². The van der Waals surface area contributed by atoms with Gasteiger partial charge in [-0.2, -0.15) is 19.8 Å². The second kappa shape index (κ2) is 5.79. The number of aromatic amines is 1. The highest BCUT2D eigenvalue weighted by atomic mass is 32.2. The summed E-state index contributed by atoms with van der Waals surface area (Å²) in [7, 11) is 0. The first kappa shape index (κ1) is 14.4. The van der Waals surface area contributed by atoms with Gasteiger partial charge in [-0.25, -0.2) is 9.50 Å². The number of nitrogens with zero attached hydrogens (tertiary/aromatic N) is 5. The fourth-order valence-corrected chi connectivity index (χ4v) is 3.36. The number of nitrogens with one attached hydrogen (secondary N) is 1. The minimum absolute atomic E-state index is 0.452. The molecule has 0 saturated carbocycles. The van der Waals surface area contributed by atoms with Crippen LogP contribution in [-0.4, -0.2) is 24.8 Å². The van der Waals surface area contributed by atoms with Gasteiger partial charge in [0.05, 0.1) is 23.5 Å². The van der Waals surface area contributed by atoms with E-state index in [1.807, 2.05) is 12.3 Å². The average Bonchev–Trinajstić information content (AvgIpc) is 3.24. The molecule has 1 N–H and O–H groups in total. The zero-order chi connectivity index (χ0) is 16.5. The first-order chi connectivity index (χ1) is 11.7. The lowest BCUT2D eigenvalue weighted by Gasteiger charge is -2.07. The van der Waals surface area contributed by atoms with Gasteiger partial charge in [0, 0.05) is 28.4 Å². The van der Waals surface area contributed by atoms with Crippen LogP contribution in [0.5, 0.6) is 0 Å². The van der Waals surface area contributed by atoms with Crippen LogP contribution in [0.3, 0.4) is 0 Å². The molecule has 4 aromatic heterocycles. The Labute approximate surface area is 140 Å². The van der Waals surface area contributed by atoms with E-state index in [4.69, 9.17) is 0 Å². The summed E-state index contributed by atoms with van der Waals surface area (Å²) in [6, 6.07) is 8.66. The molecule has 0 bridgehead atoms. The maximum atomic E-state index is 13.4. The third-order valence-corrected chi connectivity index (χ3v) is 4.40. The largest absolute Gasteiger partial charge is 0.285 e. The minimum atomic E-state index is -0.545. The summed E-state index contributed by atoms with van der Waals surface area (Å²) in [5, 5.41) is 20.8. The number of halogens is 1. The highest BCUT2D eigenvalue weighted by molar-refractivity contribution is 7.99. The molecule has 4 rings (SSSR count). The molecule has 0 spiro atoms. The molecule has 0 aliphatic rings. The van der Waals surface area contributed by atoms with Crippen LogP contribution in [-0.2, 0) is 0 Å². The normalized spacial score (nSPS) is 10.8. The number of hydrogen-bond acceptors (Lipinski definition) is 5. The van der Waals surface area contributed by atoms with Crippen molar-refractivity contribution in [3.8, 4) is 17.2 Å². The SMILES string of the molecule is N#Cc1cnn2cc(-c3cn[nH]c3)cc(Sc3cccc(F)n3)c12. The van der Waals surface area contributed by atoms with Crippen molar-refractivity contribution in [2.24, 2.45) is 0 Å². The molecule has 0 aromatic carbocycles. The van der Waals surface area contributed by atoms with Crippen molar-refractivity contribution in [2.45, 2.75) is 9.92 Å². The van der Waals surface area contributed by atoms with Crippen LogP contribution in [0.4, 0.5) is 4.39 Å². The molecule has 0 aliphatic heterocycles. The van der Waals surface area contributed by atoms with E-state index in [-0.39, 0.29) is 0 Å². The van der Waals surface area contributed by atoms with Gasteiger partial charge in [-0.3, -0.25) is 5.10 Å². The monoisotopic (exact) mass is 336 g/mol. The highest BCUT2D eigenvalue weighted by Crippen LogP contribution is 2.34. The summed E-state index contributed by atoms with van der Waals surface area (Å²) in [6.07, 6.45) is 6.80. The lowest BCUT2D eigenvalue weighted by Crippen LogP contribution is -1.92. The van der Waals surface area contributed by atoms with Crippen LogP contribution in [0.2, 0.25) is 0 Å². The number of pyridine rings is 2. The van der Waals surface area contributed by atoms with Crippen molar-refractivity contribution < 1.29 is 4.39 Å². The molecule has 4 heterocycles. The molecule has 0 fully saturated rings. The van der Waals surface area contributed by atoms with Gasteiger partial charge < -0.3 is 0 Å². The molecule has 0 unspecified atom stereocenters. The molecule has 8 heteroatoms. The van der Waals surface area contributed by atoms with Crippen LogP contribution >= 0.6 is 11.8 Å². The highest BCUT2D eigenvalue weighted by Gasteiger charge is 2.14. The molecular weight excluding hydrogens is 327 g/mol. The van der Waals surface area contributed by atoms with E-state index < -0.39 is 5.95 Å². The van der Waals surface area contributed by atoms with E-state index in [9.17, 15) is 9.65 Å². The second-order valence-electron chi connectivity index (χ2n) is 4.94. The first-order valence-corrected chi connectivity index (χ1v) is 7.77. The van der Waals surface area contributed by atoms with E-state index in [1.165, 1.54) is 24.0 Å². The number of rotatable bonds is 3. The number of hydrogen-bond donors (Lipinski definition) is 1. The molecule has 0 saturated heterocycles. The Morgan fingerprint density at radius 3 is 2.92 bits per heavy atom. The summed E-state index contributed by atoms with van der Waals surface area (Å²) < 4.78 is 15.0. The molecular formula is C16H9FN6S. The fourth-order valence-electron chi connectivity index (χ4n) is 2.37. The van der Waals surface area contributed by atoms with E-state index in [0.717, 1.165) is 16.0 Å². The van der Waals surface area contributed by atoms with E-state index >= 15 is 0 Å². The third kappa shape index (κ3) is 2.51. The van der Waals surface area contributed by atoms with Crippen LogP contribution in [0.15, 0.2) is 59.0 Å². The number of aromatic nitrogens is 5. The smallest absolute Gasteiger partial charge is 0.213 e. The number of fused-ring (bicyclic) bond motifs is 1. The molecule has 4 aromatic rings. The standard InChI is InChI=1S/C16H9FN6S/c17-14-2-1-3-15(22-14)24-13-4-10(12-6-19-20-7-12)9-23-16(13)11(5-18)8-21-23/h1-4,6-9H,(H,19,20). The Morgan fingerprint density at radius 1 is 1.25 bits per heavy atom. The average molecular weight is 336 g/mol. The van der Waals surface area contributed by atoms with Gasteiger partial charge in [-0.1, -0.05) is 17.8 Å². The van der Waals surface area contributed by atoms with Crippen molar-refractivity contribution in [2.75, 3.05) is 0 Å². The first-order valence-electron chi connectivity index (χ1n) is 6.95. The minimum Gasteiger partial charge on any atom is -0.285 e. The molecule has 0 atom stereocenters. The zero-order valence-electron chi connectivity index (χ0n) is 12.1. The Kier molecular flexibility index (Phi) is 3.48. The van der Waals surface area contributed by atoms with Crippen molar-refractivity contribution in [3.63, 3.8) is 0 Å². The quantitative estimate of drug-likeness (QED) is 0.581. The fraction of sp³-hybridized carbons (Fsp3) is 0. The Morgan fingerprint density at radius 2 is 2.17 bits per heavy atom. The topological polar surface area (TPSA) is 82.7 Å². The lowest BCUT2D eigenvalue weighted by atomic mass is 10.1. The van der Waals surface area contributed by atoms with Crippen molar-refractivity contribution in [3.05, 3.63) is 60.6 Å². The van der Waals surface area contributed by atoms with Crippen molar-refractivity contribution >= 4 is 17.3 Å². The molecule has 6 nitrogen and oxygen atoms in total. The number of H-pyrrole nitrogens is 1. The van der Waals surface area contributed by atoms with Gasteiger partial charge in [0.2, 0.25) is 5.95 Å². The Balaban J connectivity index is 1.90. The van der Waals surface area contributed by atoms with Gasteiger partial charge in [-0.05, 0) is 18.2 Å². The zero-order valence-corrected chi connectivity index (χ0v) is 13.0. The lowest BCUT2D eigenvalue weighted by molar-refractivity contribution is 0.572. The van der Waals surface area contributed by atoms with E-state index in [0.29, 0.717) is 16.1 Å². The van der Waals surface area contributed by atoms with Gasteiger partial charge in [0.15, 0.2) is 0 Å². The summed E-state index contributed by atoms with van der Waals surface area (Å²) in [5.41, 5.74) is 2.89. The molecule has 116 valence electrons. The summed E-state index contributed by atoms with van der Waals surface area (Å²) in [6.45, 7) is 0. The van der Waals surface area contributed by atoms with Gasteiger partial charge in [0.25, 0.3) is 0 Å². The predicted molar refractivity (Wildman–Crippen MR) is 85.8 cm³/mol. The van der Waals surface area contributed by atoms with Crippen molar-refractivity contribution in [1.82, 2.24) is 24.8 Å². The van der Waals surface area contributed by atoms with Gasteiger partial charge in [0.1, 0.15) is 11.1 Å². The number of nitriles is 1. The molecule has 0 amide bonds. The molecule has 0 radical (unpaired) electrons. The van der Waals surface area contributed by atoms with Crippen LogP contribution in [0.1, 0.15) is 5.56 Å². The Hall–Kier alpha value is -3.18. The van der Waals surface area contributed by atoms with Crippen LogP contribution in [0.25, 0.3) is 16.6 Å². The maximum absolute atomic E-state index is 13.4. The maximum Gasteiger partial charge on any atom is 0.213 e. The summed E-state index contributed by atoms with van der Waals surface area (Å²) in [4.78, 5) is 4.64. The Bertz CT molecular complexity index is 1060. The van der Waals surface area contributed by atoms with E-state index in [2.05, 4.69) is 26.3 Å². The third-order valence-electron chi connectivity index (χ3n) is 3.43. The summed E-state index contributed by atoms with van der Waals surface area (Å²) in [5.74, 6) is -0.545. The molecule has 0 aliphatic carbocycles. The van der Waals surface area contributed by atoms with Crippen LogP contribution in [0, 0.1) is 17.3 Å². The summed E-state index contributed by atoms with van der Waals surface area (Å²) >= 11 is 1.28. The van der Waals surface area contributed by atoms with Gasteiger partial charge >= 0.3 is 0 Å². The van der Waals surface area contributed by atoms with E-state index in [1.54, 1.807) is 29.0 Å². The van der Waals surface area contributed by atoms with Gasteiger partial charge in [-0.15, -0.1) is 0 Å². The van der Waals surface area contributed by atoms with Crippen molar-refractivity contribution in [1.29, 1.82) is 5.26 Å². The second-order valence-corrected chi connectivity index (χ2v) is 6.01. The molecule has 24 heavy (non-hydrogen) atoms. The predicted octanol–water partition coefficient (Wildman–Crippen LogP) is 3.28.